The number of fused-ring (bicyclic) bond motifs is 1. The number of hydrogen-bond acceptors (Lipinski definition) is 3. The molecule has 1 aromatic carbocycles. The maximum absolute atomic E-state index is 12.6. The lowest BCUT2D eigenvalue weighted by atomic mass is 10.2. The fraction of sp³-hybridized carbons (Fsp3) is 0.438. The Labute approximate surface area is 123 Å². The topological polar surface area (TPSA) is 55.2 Å². The molecule has 21 heavy (non-hydrogen) atoms. The second-order valence-electron chi connectivity index (χ2n) is 5.52. The predicted molar refractivity (Wildman–Crippen MR) is 81.4 cm³/mol. The molecule has 1 aromatic heterocycles. The lowest BCUT2D eigenvalue weighted by molar-refractivity contribution is 0.0752. The van der Waals surface area contributed by atoms with Gasteiger partial charge in [-0.2, -0.15) is 5.10 Å². The summed E-state index contributed by atoms with van der Waals surface area (Å²) in [5, 5.41) is 4.77. The molecule has 3 rings (SSSR count). The highest BCUT2D eigenvalue weighted by Gasteiger charge is 2.22. The average Bonchev–Trinajstić information content (AvgIpc) is 2.79. The van der Waals surface area contributed by atoms with Gasteiger partial charge in [0, 0.05) is 25.5 Å². The van der Waals surface area contributed by atoms with Crippen LogP contribution in [-0.4, -0.2) is 33.7 Å². The molecule has 1 aliphatic rings. The Morgan fingerprint density at radius 1 is 1.10 bits per heavy atom. The van der Waals surface area contributed by atoms with Crippen LogP contribution in [0.15, 0.2) is 29.1 Å². The normalized spacial score (nSPS) is 16.0. The van der Waals surface area contributed by atoms with Gasteiger partial charge in [0.1, 0.15) is 0 Å². The van der Waals surface area contributed by atoms with Gasteiger partial charge in [-0.3, -0.25) is 14.3 Å². The number of rotatable bonds is 1. The third-order valence-electron chi connectivity index (χ3n) is 4.06. The third kappa shape index (κ3) is 2.55. The van der Waals surface area contributed by atoms with Crippen molar-refractivity contribution in [1.29, 1.82) is 0 Å². The van der Waals surface area contributed by atoms with E-state index in [-0.39, 0.29) is 17.0 Å². The molecule has 1 amide bonds. The van der Waals surface area contributed by atoms with Crippen molar-refractivity contribution in [2.75, 3.05) is 13.1 Å². The molecule has 5 heteroatoms. The number of para-hydroxylation sites is 1. The maximum Gasteiger partial charge on any atom is 0.278 e. The van der Waals surface area contributed by atoms with Crippen LogP contribution in [0.5, 0.6) is 0 Å². The van der Waals surface area contributed by atoms with Gasteiger partial charge in [0.05, 0.1) is 5.52 Å². The first kappa shape index (κ1) is 13.8. The summed E-state index contributed by atoms with van der Waals surface area (Å²) in [6.45, 7) is 1.44. The second-order valence-corrected chi connectivity index (χ2v) is 5.52. The standard InChI is InChI=1S/C16H19N3O2/c1-18-13-9-5-4-8-12(13)15(20)14(17-18)16(21)19-10-6-2-3-7-11-19/h4-5,8-9H,2-3,6-7,10-11H2,1H3. The van der Waals surface area contributed by atoms with Crippen LogP contribution in [0.4, 0.5) is 0 Å². The summed E-state index contributed by atoms with van der Waals surface area (Å²) in [6, 6.07) is 7.26. The van der Waals surface area contributed by atoms with Crippen LogP contribution < -0.4 is 5.43 Å². The SMILES string of the molecule is Cn1nc(C(=O)N2CCCCCC2)c(=O)c2ccccc21. The number of carbonyl (C=O) groups is 1. The molecule has 0 bridgehead atoms. The zero-order valence-electron chi connectivity index (χ0n) is 12.2. The van der Waals surface area contributed by atoms with E-state index in [0.29, 0.717) is 5.39 Å². The minimum atomic E-state index is -0.266. The van der Waals surface area contributed by atoms with E-state index in [1.54, 1.807) is 22.7 Å². The first-order valence-electron chi connectivity index (χ1n) is 7.44. The van der Waals surface area contributed by atoms with Crippen molar-refractivity contribution in [3.05, 3.63) is 40.2 Å². The van der Waals surface area contributed by atoms with Crippen LogP contribution in [-0.2, 0) is 7.05 Å². The van der Waals surface area contributed by atoms with Gasteiger partial charge in [0.25, 0.3) is 5.91 Å². The van der Waals surface area contributed by atoms with Gasteiger partial charge in [-0.25, -0.2) is 0 Å². The predicted octanol–water partition coefficient (Wildman–Crippen LogP) is 1.95. The van der Waals surface area contributed by atoms with Crippen molar-refractivity contribution < 1.29 is 4.79 Å². The van der Waals surface area contributed by atoms with Crippen LogP contribution in [0.3, 0.4) is 0 Å². The van der Waals surface area contributed by atoms with Crippen LogP contribution >= 0.6 is 0 Å². The average molecular weight is 285 g/mol. The fourth-order valence-corrected chi connectivity index (χ4v) is 2.89. The molecule has 0 spiro atoms. The monoisotopic (exact) mass is 285 g/mol. The summed E-state index contributed by atoms with van der Waals surface area (Å²) in [6.07, 6.45) is 4.29. The highest BCUT2D eigenvalue weighted by atomic mass is 16.2. The Bertz CT molecular complexity index is 728. The van der Waals surface area contributed by atoms with E-state index in [1.807, 2.05) is 18.2 Å². The van der Waals surface area contributed by atoms with Crippen molar-refractivity contribution in [2.45, 2.75) is 25.7 Å². The maximum atomic E-state index is 12.6. The Morgan fingerprint density at radius 3 is 2.48 bits per heavy atom. The van der Waals surface area contributed by atoms with Crippen LogP contribution in [0.25, 0.3) is 10.9 Å². The van der Waals surface area contributed by atoms with Crippen LogP contribution in [0, 0.1) is 0 Å². The first-order chi connectivity index (χ1) is 10.2. The summed E-state index contributed by atoms with van der Waals surface area (Å²) in [7, 11) is 1.76. The van der Waals surface area contributed by atoms with Gasteiger partial charge in [0.2, 0.25) is 5.43 Å². The van der Waals surface area contributed by atoms with Crippen molar-refractivity contribution in [1.82, 2.24) is 14.7 Å². The van der Waals surface area contributed by atoms with E-state index in [9.17, 15) is 9.59 Å². The molecule has 0 aliphatic carbocycles. The lowest BCUT2D eigenvalue weighted by Gasteiger charge is -2.19. The largest absolute Gasteiger partial charge is 0.337 e. The Balaban J connectivity index is 2.05. The number of carbonyl (C=O) groups excluding carboxylic acids is 1. The molecule has 0 N–H and O–H groups in total. The number of nitrogens with zero attached hydrogens (tertiary/aromatic N) is 3. The lowest BCUT2D eigenvalue weighted by Crippen LogP contribution is -2.36. The van der Waals surface area contributed by atoms with Gasteiger partial charge < -0.3 is 4.90 Å². The van der Waals surface area contributed by atoms with Gasteiger partial charge in [-0.1, -0.05) is 25.0 Å². The molecule has 2 aromatic rings. The third-order valence-corrected chi connectivity index (χ3v) is 4.06. The molecule has 5 nitrogen and oxygen atoms in total. The summed E-state index contributed by atoms with van der Waals surface area (Å²) < 4.78 is 1.61. The van der Waals surface area contributed by atoms with Crippen molar-refractivity contribution in [2.24, 2.45) is 7.05 Å². The molecular weight excluding hydrogens is 266 g/mol. The molecule has 0 unspecified atom stereocenters. The number of hydrogen-bond donors (Lipinski definition) is 0. The smallest absolute Gasteiger partial charge is 0.278 e. The molecule has 0 radical (unpaired) electrons. The van der Waals surface area contributed by atoms with Gasteiger partial charge in [-0.05, 0) is 25.0 Å². The zero-order chi connectivity index (χ0) is 14.8. The summed E-state index contributed by atoms with van der Waals surface area (Å²) in [4.78, 5) is 26.9. The molecular formula is C16H19N3O2. The van der Waals surface area contributed by atoms with E-state index in [0.717, 1.165) is 44.3 Å². The molecule has 0 saturated carbocycles. The number of aryl methyl sites for hydroxylation is 1. The van der Waals surface area contributed by atoms with E-state index in [4.69, 9.17) is 0 Å². The van der Waals surface area contributed by atoms with Crippen molar-refractivity contribution >= 4 is 16.8 Å². The van der Waals surface area contributed by atoms with Crippen molar-refractivity contribution in [3.8, 4) is 0 Å². The highest BCUT2D eigenvalue weighted by molar-refractivity contribution is 5.95. The molecule has 0 atom stereocenters. The molecule has 1 fully saturated rings. The Kier molecular flexibility index (Phi) is 3.73. The van der Waals surface area contributed by atoms with Crippen molar-refractivity contribution in [3.63, 3.8) is 0 Å². The van der Waals surface area contributed by atoms with E-state index in [1.165, 1.54) is 0 Å². The number of aromatic nitrogens is 2. The van der Waals surface area contributed by atoms with E-state index in [2.05, 4.69) is 5.10 Å². The minimum absolute atomic E-state index is 0.0399. The quantitative estimate of drug-likeness (QED) is 0.804. The molecule has 1 aliphatic heterocycles. The summed E-state index contributed by atoms with van der Waals surface area (Å²) in [5.41, 5.74) is 0.519. The fourth-order valence-electron chi connectivity index (χ4n) is 2.89. The molecule has 110 valence electrons. The van der Waals surface area contributed by atoms with E-state index >= 15 is 0 Å². The van der Waals surface area contributed by atoms with Gasteiger partial charge >= 0.3 is 0 Å². The second kappa shape index (κ2) is 5.68. The summed E-state index contributed by atoms with van der Waals surface area (Å²) in [5.74, 6) is -0.233. The Hall–Kier alpha value is -2.17. The summed E-state index contributed by atoms with van der Waals surface area (Å²) >= 11 is 0. The van der Waals surface area contributed by atoms with Gasteiger partial charge in [-0.15, -0.1) is 0 Å². The van der Waals surface area contributed by atoms with Gasteiger partial charge in [0.15, 0.2) is 5.69 Å². The first-order valence-corrected chi connectivity index (χ1v) is 7.44. The van der Waals surface area contributed by atoms with Crippen LogP contribution in [0.2, 0.25) is 0 Å². The zero-order valence-corrected chi connectivity index (χ0v) is 12.2. The minimum Gasteiger partial charge on any atom is -0.337 e. The Morgan fingerprint density at radius 2 is 1.76 bits per heavy atom. The molecule has 1 saturated heterocycles. The molecule has 2 heterocycles. The van der Waals surface area contributed by atoms with Crippen LogP contribution in [0.1, 0.15) is 36.2 Å². The number of amides is 1. The number of likely N-dealkylation sites (tertiary alicyclic amines) is 1. The van der Waals surface area contributed by atoms with E-state index < -0.39 is 0 Å². The highest BCUT2D eigenvalue weighted by Crippen LogP contribution is 2.13. The number of benzene rings is 1.